The fourth-order valence-electron chi connectivity index (χ4n) is 1.25. The molecule has 0 saturated carbocycles. The van der Waals surface area contributed by atoms with E-state index in [9.17, 15) is 13.2 Å². The zero-order valence-corrected chi connectivity index (χ0v) is 11.2. The molecule has 0 unspecified atom stereocenters. The number of hydrogen-bond donors (Lipinski definition) is 0. The van der Waals surface area contributed by atoms with Gasteiger partial charge in [0.25, 0.3) is 0 Å². The highest BCUT2D eigenvalue weighted by molar-refractivity contribution is 9.10. The lowest BCUT2D eigenvalue weighted by molar-refractivity contribution is -0.136. The number of rotatable bonds is 5. The molecule has 1 rings (SSSR count). The van der Waals surface area contributed by atoms with Crippen LogP contribution in [0.25, 0.3) is 0 Å². The monoisotopic (exact) mass is 330 g/mol. The molecule has 1 aromatic rings. The van der Waals surface area contributed by atoms with Gasteiger partial charge in [-0.1, -0.05) is 15.9 Å². The van der Waals surface area contributed by atoms with Gasteiger partial charge in [0.1, 0.15) is 5.75 Å². The van der Waals surface area contributed by atoms with Crippen LogP contribution in [0, 0.1) is 0 Å². The van der Waals surface area contributed by atoms with Crippen molar-refractivity contribution in [1.82, 2.24) is 0 Å². The lowest BCUT2D eigenvalue weighted by atomic mass is 10.2. The molecule has 96 valence electrons. The Bertz CT molecular complexity index is 368. The Morgan fingerprint density at radius 3 is 2.59 bits per heavy atom. The van der Waals surface area contributed by atoms with Crippen molar-refractivity contribution >= 4 is 27.5 Å². The summed E-state index contributed by atoms with van der Waals surface area (Å²) in [6.07, 6.45) is -5.01. The van der Waals surface area contributed by atoms with Gasteiger partial charge >= 0.3 is 6.18 Å². The zero-order valence-electron chi connectivity index (χ0n) is 8.86. The molecule has 0 bridgehead atoms. The number of halogens is 5. The molecule has 6 heteroatoms. The van der Waals surface area contributed by atoms with Crippen molar-refractivity contribution in [3.05, 3.63) is 28.2 Å². The van der Waals surface area contributed by atoms with Crippen LogP contribution in [0.15, 0.2) is 22.7 Å². The molecule has 0 aromatic heterocycles. The predicted octanol–water partition coefficient (Wildman–Crippen LogP) is 4.91. The molecule has 17 heavy (non-hydrogen) atoms. The molecule has 0 aliphatic carbocycles. The molecule has 0 radical (unpaired) electrons. The maximum atomic E-state index is 11.9. The van der Waals surface area contributed by atoms with Gasteiger partial charge < -0.3 is 4.74 Å². The molecule has 0 heterocycles. The molecular weight excluding hydrogens is 320 g/mol. The minimum absolute atomic E-state index is 0.0328. The first kappa shape index (κ1) is 14.6. The fraction of sp³-hybridized carbons (Fsp3) is 0.455. The average molecular weight is 332 g/mol. The van der Waals surface area contributed by atoms with Crippen LogP contribution in [0.4, 0.5) is 13.2 Å². The summed E-state index contributed by atoms with van der Waals surface area (Å²) < 4.78 is 41.8. The third-order valence-corrected chi connectivity index (χ3v) is 2.81. The Labute approximate surface area is 111 Å². The molecule has 0 spiro atoms. The fourth-order valence-corrected chi connectivity index (χ4v) is 1.87. The highest BCUT2D eigenvalue weighted by Crippen LogP contribution is 2.26. The Morgan fingerprint density at radius 2 is 2.00 bits per heavy atom. The summed E-state index contributed by atoms with van der Waals surface area (Å²) in [6, 6.07) is 5.23. The largest absolute Gasteiger partial charge is 0.493 e. The van der Waals surface area contributed by atoms with Gasteiger partial charge in [-0.05, 0) is 24.6 Å². The van der Waals surface area contributed by atoms with E-state index in [0.29, 0.717) is 5.75 Å². The SMILES string of the molecule is FC(F)(F)CCCOc1ccc(Br)cc1CCl. The Morgan fingerprint density at radius 1 is 1.29 bits per heavy atom. The Kier molecular flexibility index (Phi) is 5.59. The van der Waals surface area contributed by atoms with Gasteiger partial charge in [0, 0.05) is 16.5 Å². The van der Waals surface area contributed by atoms with Crippen molar-refractivity contribution in [2.45, 2.75) is 24.9 Å². The molecule has 0 aliphatic rings. The zero-order chi connectivity index (χ0) is 12.9. The van der Waals surface area contributed by atoms with E-state index in [1.165, 1.54) is 0 Å². The molecule has 0 saturated heterocycles. The highest BCUT2D eigenvalue weighted by atomic mass is 79.9. The maximum Gasteiger partial charge on any atom is 0.389 e. The second-order valence-electron chi connectivity index (χ2n) is 3.45. The summed E-state index contributed by atoms with van der Waals surface area (Å²) in [6.45, 7) is 0.0328. The second kappa shape index (κ2) is 6.50. The number of alkyl halides is 4. The molecule has 1 nitrogen and oxygen atoms in total. The maximum absolute atomic E-state index is 11.9. The molecule has 0 aliphatic heterocycles. The van der Waals surface area contributed by atoms with Gasteiger partial charge in [-0.2, -0.15) is 13.2 Å². The van der Waals surface area contributed by atoms with Gasteiger partial charge in [0.05, 0.1) is 12.5 Å². The molecule has 0 atom stereocenters. The lowest BCUT2D eigenvalue weighted by Crippen LogP contribution is -2.10. The Hall–Kier alpha value is -0.420. The van der Waals surface area contributed by atoms with E-state index in [4.69, 9.17) is 16.3 Å². The van der Waals surface area contributed by atoms with Crippen LogP contribution in [0.5, 0.6) is 5.75 Å². The summed E-state index contributed by atoms with van der Waals surface area (Å²) in [5.41, 5.74) is 0.757. The molecule has 1 aromatic carbocycles. The molecule has 0 N–H and O–H groups in total. The summed E-state index contributed by atoms with van der Waals surface area (Å²) in [4.78, 5) is 0. The van der Waals surface area contributed by atoms with E-state index in [-0.39, 0.29) is 18.9 Å². The quantitative estimate of drug-likeness (QED) is 0.550. The molecule has 0 amide bonds. The normalized spacial score (nSPS) is 11.6. The minimum Gasteiger partial charge on any atom is -0.493 e. The van der Waals surface area contributed by atoms with Crippen LogP contribution in [0.3, 0.4) is 0 Å². The van der Waals surface area contributed by atoms with Gasteiger partial charge in [-0.3, -0.25) is 0 Å². The summed E-state index contributed by atoms with van der Waals surface area (Å²) >= 11 is 8.99. The van der Waals surface area contributed by atoms with E-state index >= 15 is 0 Å². The summed E-state index contributed by atoms with van der Waals surface area (Å²) in [7, 11) is 0. The van der Waals surface area contributed by atoms with E-state index in [0.717, 1.165) is 10.0 Å². The van der Waals surface area contributed by atoms with Crippen LogP contribution >= 0.6 is 27.5 Å². The van der Waals surface area contributed by atoms with Crippen molar-refractivity contribution in [2.75, 3.05) is 6.61 Å². The van der Waals surface area contributed by atoms with Crippen molar-refractivity contribution in [3.63, 3.8) is 0 Å². The first-order valence-electron chi connectivity index (χ1n) is 4.96. The van der Waals surface area contributed by atoms with Gasteiger partial charge in [0.15, 0.2) is 0 Å². The molecule has 0 fully saturated rings. The van der Waals surface area contributed by atoms with Crippen LogP contribution in [-0.2, 0) is 5.88 Å². The summed E-state index contributed by atoms with van der Waals surface area (Å²) in [5.74, 6) is 0.791. The van der Waals surface area contributed by atoms with Crippen molar-refractivity contribution < 1.29 is 17.9 Å². The topological polar surface area (TPSA) is 9.23 Å². The third kappa shape index (κ3) is 5.64. The standard InChI is InChI=1S/C11H11BrClF3O/c12-9-2-3-10(8(6-9)7-13)17-5-1-4-11(14,15)16/h2-3,6H,1,4-5,7H2. The van der Waals surface area contributed by atoms with E-state index in [2.05, 4.69) is 15.9 Å². The average Bonchev–Trinajstić information content (AvgIpc) is 2.24. The lowest BCUT2D eigenvalue weighted by Gasteiger charge is -2.11. The number of benzene rings is 1. The first-order chi connectivity index (χ1) is 7.92. The van der Waals surface area contributed by atoms with Crippen LogP contribution in [0.2, 0.25) is 0 Å². The third-order valence-electron chi connectivity index (χ3n) is 2.03. The van der Waals surface area contributed by atoms with E-state index < -0.39 is 12.6 Å². The van der Waals surface area contributed by atoms with Crippen LogP contribution in [-0.4, -0.2) is 12.8 Å². The van der Waals surface area contributed by atoms with Gasteiger partial charge in [-0.15, -0.1) is 11.6 Å². The van der Waals surface area contributed by atoms with Gasteiger partial charge in [-0.25, -0.2) is 0 Å². The van der Waals surface area contributed by atoms with Crippen molar-refractivity contribution in [3.8, 4) is 5.75 Å². The second-order valence-corrected chi connectivity index (χ2v) is 4.64. The number of hydrogen-bond acceptors (Lipinski definition) is 1. The predicted molar refractivity (Wildman–Crippen MR) is 64.5 cm³/mol. The Balaban J connectivity index is 2.46. The summed E-state index contributed by atoms with van der Waals surface area (Å²) in [5, 5.41) is 0. The van der Waals surface area contributed by atoms with Crippen molar-refractivity contribution in [2.24, 2.45) is 0 Å². The van der Waals surface area contributed by atoms with E-state index in [1.807, 2.05) is 0 Å². The van der Waals surface area contributed by atoms with Crippen LogP contribution < -0.4 is 4.74 Å². The smallest absolute Gasteiger partial charge is 0.389 e. The van der Waals surface area contributed by atoms with E-state index in [1.54, 1.807) is 18.2 Å². The van der Waals surface area contributed by atoms with Crippen LogP contribution in [0.1, 0.15) is 18.4 Å². The highest BCUT2D eigenvalue weighted by Gasteiger charge is 2.26. The number of ether oxygens (including phenoxy) is 1. The first-order valence-corrected chi connectivity index (χ1v) is 6.29. The van der Waals surface area contributed by atoms with Crippen molar-refractivity contribution in [1.29, 1.82) is 0 Å². The minimum atomic E-state index is -4.13. The molecular formula is C11H11BrClF3O. The van der Waals surface area contributed by atoms with Gasteiger partial charge in [0.2, 0.25) is 0 Å².